The van der Waals surface area contributed by atoms with Crippen LogP contribution in [0, 0.1) is 0 Å². The van der Waals surface area contributed by atoms with E-state index < -0.39 is 0 Å². The van der Waals surface area contributed by atoms with Crippen LogP contribution in [0.5, 0.6) is 0 Å². The lowest BCUT2D eigenvalue weighted by molar-refractivity contribution is 0.781. The highest BCUT2D eigenvalue weighted by Gasteiger charge is 1.82. The molecular formula is C12H25N. The Balaban J connectivity index is 0. The van der Waals surface area contributed by atoms with E-state index in [4.69, 9.17) is 0 Å². The van der Waals surface area contributed by atoms with E-state index in [1.807, 2.05) is 27.1 Å². The molecule has 0 N–H and O–H groups in total. The van der Waals surface area contributed by atoms with Gasteiger partial charge in [0, 0.05) is 7.05 Å². The summed E-state index contributed by atoms with van der Waals surface area (Å²) in [5, 5.41) is 0. The Labute approximate surface area is 84.0 Å². The summed E-state index contributed by atoms with van der Waals surface area (Å²) in [4.78, 5) is 3.93. The molecule has 0 aliphatic rings. The molecule has 0 aliphatic carbocycles. The molecule has 1 heteroatoms. The highest BCUT2D eigenvalue weighted by Crippen LogP contribution is 1.99. The maximum atomic E-state index is 3.93. The molecule has 0 atom stereocenters. The molecule has 0 fully saturated rings. The summed E-state index contributed by atoms with van der Waals surface area (Å²) >= 11 is 0. The van der Waals surface area contributed by atoms with Crippen molar-refractivity contribution in [2.45, 2.75) is 52.9 Å². The standard InChI is InChI=1S/C10H19N.C2H6/c1-3-4-5-6-7-8-9-10-11-2;1-2/h4-5,10H,3,6-9H2,1-2H3;1-2H3/b5-4-,11-10?;. The van der Waals surface area contributed by atoms with Crippen molar-refractivity contribution in [2.24, 2.45) is 4.99 Å². The fraction of sp³-hybridized carbons (Fsp3) is 0.750. The van der Waals surface area contributed by atoms with Gasteiger partial charge >= 0.3 is 0 Å². The molecule has 0 heterocycles. The van der Waals surface area contributed by atoms with Crippen molar-refractivity contribution < 1.29 is 0 Å². The van der Waals surface area contributed by atoms with Gasteiger partial charge in [-0.1, -0.05) is 32.9 Å². The van der Waals surface area contributed by atoms with Crippen molar-refractivity contribution in [1.82, 2.24) is 0 Å². The van der Waals surface area contributed by atoms with Gasteiger partial charge in [-0.25, -0.2) is 0 Å². The van der Waals surface area contributed by atoms with Gasteiger partial charge in [0.05, 0.1) is 0 Å². The highest BCUT2D eigenvalue weighted by atomic mass is 14.6. The fourth-order valence-corrected chi connectivity index (χ4v) is 0.911. The largest absolute Gasteiger partial charge is 0.301 e. The molecule has 0 spiro atoms. The third kappa shape index (κ3) is 18.4. The molecule has 78 valence electrons. The zero-order valence-electron chi connectivity index (χ0n) is 9.71. The van der Waals surface area contributed by atoms with Gasteiger partial charge in [0.2, 0.25) is 0 Å². The normalized spacial score (nSPS) is 10.5. The Bertz CT molecular complexity index is 114. The van der Waals surface area contributed by atoms with E-state index in [-0.39, 0.29) is 0 Å². The van der Waals surface area contributed by atoms with Crippen molar-refractivity contribution in [1.29, 1.82) is 0 Å². The quantitative estimate of drug-likeness (QED) is 0.332. The second kappa shape index (κ2) is 17.5. The van der Waals surface area contributed by atoms with E-state index in [9.17, 15) is 0 Å². The first kappa shape index (κ1) is 14.9. The summed E-state index contributed by atoms with van der Waals surface area (Å²) in [6.45, 7) is 6.17. The van der Waals surface area contributed by atoms with E-state index in [1.165, 1.54) is 19.3 Å². The van der Waals surface area contributed by atoms with Gasteiger partial charge in [-0.05, 0) is 38.3 Å². The Morgan fingerprint density at radius 2 is 1.62 bits per heavy atom. The van der Waals surface area contributed by atoms with Gasteiger partial charge < -0.3 is 4.99 Å². The molecule has 13 heavy (non-hydrogen) atoms. The van der Waals surface area contributed by atoms with E-state index >= 15 is 0 Å². The predicted octanol–water partition coefficient (Wildman–Crippen LogP) is 4.24. The van der Waals surface area contributed by atoms with Gasteiger partial charge in [0.25, 0.3) is 0 Å². The smallest absolute Gasteiger partial charge is 0.0273 e. The SMILES string of the molecule is CC.CC/C=C\CCCCC=NC. The number of rotatable bonds is 6. The van der Waals surface area contributed by atoms with Gasteiger partial charge in [-0.2, -0.15) is 0 Å². The Kier molecular flexibility index (Phi) is 20.0. The van der Waals surface area contributed by atoms with E-state index in [0.29, 0.717) is 0 Å². The van der Waals surface area contributed by atoms with Crippen molar-refractivity contribution in [3.63, 3.8) is 0 Å². The number of hydrogen-bond acceptors (Lipinski definition) is 1. The number of hydrogen-bond donors (Lipinski definition) is 0. The molecule has 0 radical (unpaired) electrons. The van der Waals surface area contributed by atoms with Crippen LogP contribution in [0.1, 0.15) is 52.9 Å². The number of nitrogens with zero attached hydrogens (tertiary/aromatic N) is 1. The molecule has 0 saturated heterocycles. The topological polar surface area (TPSA) is 12.4 Å². The van der Waals surface area contributed by atoms with Crippen LogP contribution < -0.4 is 0 Å². The van der Waals surface area contributed by atoms with E-state index in [2.05, 4.69) is 24.1 Å². The minimum Gasteiger partial charge on any atom is -0.301 e. The minimum atomic E-state index is 1.14. The molecule has 0 aromatic heterocycles. The lowest BCUT2D eigenvalue weighted by Gasteiger charge is -1.91. The van der Waals surface area contributed by atoms with Gasteiger partial charge in [-0.15, -0.1) is 0 Å². The molecule has 0 amide bonds. The zero-order valence-corrected chi connectivity index (χ0v) is 9.71. The molecule has 0 aliphatic heterocycles. The summed E-state index contributed by atoms with van der Waals surface area (Å²) < 4.78 is 0. The van der Waals surface area contributed by atoms with Crippen LogP contribution in [0.25, 0.3) is 0 Å². The summed E-state index contributed by atoms with van der Waals surface area (Å²) in [6, 6.07) is 0. The second-order valence-corrected chi connectivity index (χ2v) is 2.60. The Hall–Kier alpha value is -0.590. The predicted molar refractivity (Wildman–Crippen MR) is 63.7 cm³/mol. The molecule has 0 rings (SSSR count). The van der Waals surface area contributed by atoms with Crippen LogP contribution in [0.3, 0.4) is 0 Å². The van der Waals surface area contributed by atoms with Gasteiger partial charge in [0.1, 0.15) is 0 Å². The molecule has 0 unspecified atom stereocenters. The van der Waals surface area contributed by atoms with Crippen LogP contribution in [-0.4, -0.2) is 13.3 Å². The van der Waals surface area contributed by atoms with Crippen LogP contribution in [0.4, 0.5) is 0 Å². The van der Waals surface area contributed by atoms with E-state index in [1.54, 1.807) is 0 Å². The monoisotopic (exact) mass is 183 g/mol. The van der Waals surface area contributed by atoms with Crippen LogP contribution in [0.15, 0.2) is 17.1 Å². The minimum absolute atomic E-state index is 1.14. The van der Waals surface area contributed by atoms with Gasteiger partial charge in [-0.3, -0.25) is 0 Å². The first-order valence-corrected chi connectivity index (χ1v) is 5.47. The number of unbranched alkanes of at least 4 members (excludes halogenated alkanes) is 3. The van der Waals surface area contributed by atoms with Crippen LogP contribution in [0.2, 0.25) is 0 Å². The van der Waals surface area contributed by atoms with Gasteiger partial charge in [0.15, 0.2) is 0 Å². The zero-order chi connectivity index (χ0) is 10.4. The highest BCUT2D eigenvalue weighted by molar-refractivity contribution is 5.56. The molecule has 0 aromatic carbocycles. The van der Waals surface area contributed by atoms with E-state index in [0.717, 1.165) is 12.8 Å². The maximum absolute atomic E-state index is 3.93. The molecule has 0 saturated carbocycles. The molecule has 1 nitrogen and oxygen atoms in total. The fourth-order valence-electron chi connectivity index (χ4n) is 0.911. The molecule has 0 bridgehead atoms. The lowest BCUT2D eigenvalue weighted by Crippen LogP contribution is -1.76. The average Bonchev–Trinajstić information content (AvgIpc) is 2.20. The number of allylic oxidation sites excluding steroid dienone is 2. The van der Waals surface area contributed by atoms with Crippen molar-refractivity contribution in [3.05, 3.63) is 12.2 Å². The lowest BCUT2D eigenvalue weighted by atomic mass is 10.2. The molecule has 0 aromatic rings. The molecular weight excluding hydrogens is 158 g/mol. The first-order valence-electron chi connectivity index (χ1n) is 5.47. The summed E-state index contributed by atoms with van der Waals surface area (Å²) in [7, 11) is 1.83. The average molecular weight is 183 g/mol. The number of aliphatic imine (C=N–C) groups is 1. The second-order valence-electron chi connectivity index (χ2n) is 2.60. The maximum Gasteiger partial charge on any atom is 0.0273 e. The Morgan fingerprint density at radius 3 is 2.15 bits per heavy atom. The Morgan fingerprint density at radius 1 is 1.00 bits per heavy atom. The van der Waals surface area contributed by atoms with Crippen molar-refractivity contribution in [3.8, 4) is 0 Å². The third-order valence-electron chi connectivity index (χ3n) is 1.54. The summed E-state index contributed by atoms with van der Waals surface area (Å²) in [5.41, 5.74) is 0. The summed E-state index contributed by atoms with van der Waals surface area (Å²) in [6.07, 6.45) is 12.6. The van der Waals surface area contributed by atoms with Crippen LogP contribution >= 0.6 is 0 Å². The first-order chi connectivity index (χ1) is 6.41. The van der Waals surface area contributed by atoms with Crippen molar-refractivity contribution >= 4 is 6.21 Å². The van der Waals surface area contributed by atoms with Crippen molar-refractivity contribution in [2.75, 3.05) is 7.05 Å². The third-order valence-corrected chi connectivity index (χ3v) is 1.54. The summed E-state index contributed by atoms with van der Waals surface area (Å²) in [5.74, 6) is 0. The van der Waals surface area contributed by atoms with Crippen LogP contribution in [-0.2, 0) is 0 Å².